The van der Waals surface area contributed by atoms with Crippen molar-refractivity contribution in [2.45, 2.75) is 42.7 Å². The van der Waals surface area contributed by atoms with E-state index in [1.165, 1.54) is 5.56 Å². The number of alkyl halides is 1. The second-order valence-electron chi connectivity index (χ2n) is 5.65. The maximum Gasteiger partial charge on any atom is 0.119 e. The van der Waals surface area contributed by atoms with Crippen LogP contribution in [-0.2, 0) is 14.8 Å². The molecular weight excluding hydrogens is 320 g/mol. The van der Waals surface area contributed by atoms with E-state index in [0.29, 0.717) is 0 Å². The Balaban J connectivity index is 1.61. The lowest BCUT2D eigenvalue weighted by Crippen LogP contribution is -2.47. The number of halogens is 1. The van der Waals surface area contributed by atoms with Gasteiger partial charge in [0.05, 0.1) is 12.2 Å². The number of hydrogen-bond donors (Lipinski definition) is 0. The van der Waals surface area contributed by atoms with Gasteiger partial charge in [-0.15, -0.1) is 0 Å². The lowest BCUT2D eigenvalue weighted by molar-refractivity contribution is -0.155. The maximum atomic E-state index is 6.15. The van der Waals surface area contributed by atoms with E-state index in [9.17, 15) is 0 Å². The average Bonchev–Trinajstić information content (AvgIpc) is 2.49. The van der Waals surface area contributed by atoms with E-state index in [0.717, 1.165) is 56.6 Å². The zero-order chi connectivity index (χ0) is 13.8. The molecule has 20 heavy (non-hydrogen) atoms. The predicted molar refractivity (Wildman–Crippen MR) is 81.5 cm³/mol. The van der Waals surface area contributed by atoms with Crippen molar-refractivity contribution in [2.24, 2.45) is 0 Å². The molecule has 1 unspecified atom stereocenters. The fraction of sp³-hybridized carbons (Fsp3) is 0.625. The first-order valence-corrected chi connectivity index (χ1v) is 8.45. The third-order valence-corrected chi connectivity index (χ3v) is 4.88. The Morgan fingerprint density at radius 3 is 2.60 bits per heavy atom. The predicted octanol–water partition coefficient (Wildman–Crippen LogP) is 3.69. The summed E-state index contributed by atoms with van der Waals surface area (Å²) < 4.78 is 17.6. The summed E-state index contributed by atoms with van der Waals surface area (Å²) in [5.74, 6) is 0.962. The van der Waals surface area contributed by atoms with Gasteiger partial charge in [-0.3, -0.25) is 0 Å². The van der Waals surface area contributed by atoms with Crippen molar-refractivity contribution < 1.29 is 14.2 Å². The zero-order valence-corrected chi connectivity index (χ0v) is 13.2. The molecule has 0 aromatic heterocycles. The number of benzene rings is 1. The van der Waals surface area contributed by atoms with Crippen LogP contribution in [0.15, 0.2) is 24.3 Å². The van der Waals surface area contributed by atoms with Crippen molar-refractivity contribution in [3.8, 4) is 5.75 Å². The van der Waals surface area contributed by atoms with Gasteiger partial charge < -0.3 is 14.2 Å². The molecule has 110 valence electrons. The lowest BCUT2D eigenvalue weighted by atomic mass is 9.85. The molecule has 2 saturated heterocycles. The minimum Gasteiger partial charge on any atom is -0.490 e. The summed E-state index contributed by atoms with van der Waals surface area (Å²) in [4.78, 5) is 0. The number of hydrogen-bond acceptors (Lipinski definition) is 3. The van der Waals surface area contributed by atoms with Crippen molar-refractivity contribution >= 4 is 15.9 Å². The summed E-state index contributed by atoms with van der Waals surface area (Å²) in [6.45, 7) is 2.42. The van der Waals surface area contributed by atoms with E-state index in [1.807, 2.05) is 0 Å². The Labute approximate surface area is 128 Å². The molecule has 0 N–H and O–H groups in total. The highest BCUT2D eigenvalue weighted by molar-refractivity contribution is 9.08. The molecule has 0 amide bonds. The molecule has 1 spiro atoms. The highest BCUT2D eigenvalue weighted by Gasteiger charge is 2.39. The maximum absolute atomic E-state index is 6.15. The Hall–Kier alpha value is -0.580. The van der Waals surface area contributed by atoms with E-state index in [4.69, 9.17) is 14.2 Å². The van der Waals surface area contributed by atoms with Crippen LogP contribution in [0.4, 0.5) is 0 Å². The van der Waals surface area contributed by atoms with Crippen molar-refractivity contribution in [2.75, 3.05) is 19.8 Å². The molecule has 3 rings (SSSR count). The Morgan fingerprint density at radius 2 is 1.90 bits per heavy atom. The van der Waals surface area contributed by atoms with E-state index in [-0.39, 0.29) is 11.7 Å². The summed E-state index contributed by atoms with van der Waals surface area (Å²) in [6, 6.07) is 8.33. The highest BCUT2D eigenvalue weighted by Crippen LogP contribution is 2.35. The van der Waals surface area contributed by atoms with Crippen LogP contribution in [0.25, 0.3) is 0 Å². The first-order chi connectivity index (χ1) is 9.80. The molecule has 3 nitrogen and oxygen atoms in total. The summed E-state index contributed by atoms with van der Waals surface area (Å²) in [5.41, 5.74) is 1.27. The molecule has 0 aliphatic carbocycles. The summed E-state index contributed by atoms with van der Waals surface area (Å²) in [6.07, 6.45) is 4.21. The summed E-state index contributed by atoms with van der Waals surface area (Å²) >= 11 is 3.46. The molecule has 0 saturated carbocycles. The summed E-state index contributed by atoms with van der Waals surface area (Å²) in [7, 11) is 0. The minimum absolute atomic E-state index is 0.00301. The smallest absolute Gasteiger partial charge is 0.119 e. The average molecular weight is 341 g/mol. The molecule has 2 aliphatic rings. The van der Waals surface area contributed by atoms with Gasteiger partial charge in [0, 0.05) is 31.4 Å². The summed E-state index contributed by atoms with van der Waals surface area (Å²) in [5, 5.41) is 0.883. The standard InChI is InChI=1S/C16H21BrO3/c17-12-13-1-3-14(4-2-13)20-15-5-8-19-16(11-15)6-9-18-10-7-16/h1-4,15H,5-12H2. The normalized spacial score (nSPS) is 25.6. The van der Waals surface area contributed by atoms with Gasteiger partial charge in [-0.25, -0.2) is 0 Å². The van der Waals surface area contributed by atoms with Crippen LogP contribution in [0.2, 0.25) is 0 Å². The second-order valence-corrected chi connectivity index (χ2v) is 6.21. The van der Waals surface area contributed by atoms with E-state index in [1.54, 1.807) is 0 Å². The number of ether oxygens (including phenoxy) is 3. The molecular formula is C16H21BrO3. The van der Waals surface area contributed by atoms with Crippen LogP contribution in [-0.4, -0.2) is 31.5 Å². The topological polar surface area (TPSA) is 27.7 Å². The molecule has 4 heteroatoms. The Bertz CT molecular complexity index is 420. The van der Waals surface area contributed by atoms with Gasteiger partial charge in [-0.1, -0.05) is 28.1 Å². The molecule has 2 aliphatic heterocycles. The van der Waals surface area contributed by atoms with Gasteiger partial charge in [-0.2, -0.15) is 0 Å². The largest absolute Gasteiger partial charge is 0.490 e. The number of rotatable bonds is 3. The van der Waals surface area contributed by atoms with Crippen molar-refractivity contribution in [1.29, 1.82) is 0 Å². The molecule has 2 fully saturated rings. The van der Waals surface area contributed by atoms with Crippen LogP contribution in [0.5, 0.6) is 5.75 Å². The lowest BCUT2D eigenvalue weighted by Gasteiger charge is -2.43. The van der Waals surface area contributed by atoms with Crippen molar-refractivity contribution in [3.05, 3.63) is 29.8 Å². The van der Waals surface area contributed by atoms with Gasteiger partial charge in [0.15, 0.2) is 0 Å². The van der Waals surface area contributed by atoms with Gasteiger partial charge in [0.1, 0.15) is 11.9 Å². The van der Waals surface area contributed by atoms with Gasteiger partial charge in [-0.05, 0) is 30.5 Å². The van der Waals surface area contributed by atoms with E-state index >= 15 is 0 Å². The monoisotopic (exact) mass is 340 g/mol. The first kappa shape index (κ1) is 14.4. The van der Waals surface area contributed by atoms with Crippen LogP contribution in [0, 0.1) is 0 Å². The Kier molecular flexibility index (Phi) is 4.64. The van der Waals surface area contributed by atoms with Crippen LogP contribution < -0.4 is 4.74 Å². The van der Waals surface area contributed by atoms with Crippen molar-refractivity contribution in [3.63, 3.8) is 0 Å². The van der Waals surface area contributed by atoms with Crippen LogP contribution in [0.1, 0.15) is 31.2 Å². The SMILES string of the molecule is BrCc1ccc(OC2CCOC3(CCOCC3)C2)cc1. The van der Waals surface area contributed by atoms with Gasteiger partial charge in [0.2, 0.25) is 0 Å². The second kappa shape index (κ2) is 6.46. The van der Waals surface area contributed by atoms with Crippen LogP contribution in [0.3, 0.4) is 0 Å². The van der Waals surface area contributed by atoms with Crippen molar-refractivity contribution in [1.82, 2.24) is 0 Å². The van der Waals surface area contributed by atoms with Crippen LogP contribution >= 0.6 is 15.9 Å². The molecule has 1 aromatic rings. The quantitative estimate of drug-likeness (QED) is 0.785. The fourth-order valence-electron chi connectivity index (χ4n) is 3.02. The molecule has 0 radical (unpaired) electrons. The third-order valence-electron chi connectivity index (χ3n) is 4.23. The highest BCUT2D eigenvalue weighted by atomic mass is 79.9. The van der Waals surface area contributed by atoms with Gasteiger partial charge >= 0.3 is 0 Å². The zero-order valence-electron chi connectivity index (χ0n) is 11.6. The van der Waals surface area contributed by atoms with E-state index in [2.05, 4.69) is 40.2 Å². The molecule has 2 heterocycles. The van der Waals surface area contributed by atoms with Gasteiger partial charge in [0.25, 0.3) is 0 Å². The molecule has 0 bridgehead atoms. The third kappa shape index (κ3) is 3.35. The Morgan fingerprint density at radius 1 is 1.15 bits per heavy atom. The molecule has 1 atom stereocenters. The van der Waals surface area contributed by atoms with E-state index < -0.39 is 0 Å². The first-order valence-electron chi connectivity index (χ1n) is 7.33. The minimum atomic E-state index is -0.00301. The molecule has 1 aromatic carbocycles. The fourth-order valence-corrected chi connectivity index (χ4v) is 3.40.